The number of hydrogen-bond acceptors (Lipinski definition) is 15. The number of likely N-dealkylation sites (tertiary alicyclic amines) is 3. The van der Waals surface area contributed by atoms with Gasteiger partial charge in [0.05, 0.1) is 55.3 Å². The van der Waals surface area contributed by atoms with Crippen LogP contribution in [0.3, 0.4) is 0 Å². The molecular formula is C79H84ClF4N21O6. The molecule has 0 bridgehead atoms. The fourth-order valence-electron chi connectivity index (χ4n) is 16.8. The maximum atomic E-state index is 13.1. The number of nitrogen functional groups attached to an aromatic ring is 3. The molecule has 6 fully saturated rings. The van der Waals surface area contributed by atoms with Crippen LogP contribution in [0.4, 0.5) is 35.0 Å². The van der Waals surface area contributed by atoms with E-state index >= 15 is 0 Å². The first-order valence-electron chi connectivity index (χ1n) is 36.3. The summed E-state index contributed by atoms with van der Waals surface area (Å²) in [5, 5.41) is 28.2. The van der Waals surface area contributed by atoms with Gasteiger partial charge in [0.1, 0.15) is 51.2 Å². The van der Waals surface area contributed by atoms with Crippen molar-refractivity contribution in [1.29, 1.82) is 0 Å². The van der Waals surface area contributed by atoms with E-state index in [1.807, 2.05) is 42.3 Å². The number of carbonyl (C=O) groups is 6. The van der Waals surface area contributed by atoms with Gasteiger partial charge in [0.25, 0.3) is 48.3 Å². The van der Waals surface area contributed by atoms with E-state index in [9.17, 15) is 46.3 Å². The molecule has 12 N–H and O–H groups in total. The SMILES string of the molecule is CC#CC(=O)N1CCC2(CC(n3nc(-c4cn(Cc5cccc(C(F)F)c5)nc4C)c(C(N)=O)c3N)C2)C1.CC#CC(=O)N1CCC2(CC(n3nc(-c4cn(Cc5cccc(Cl)c5)nc4C)c(C(N)=O)c3N)C2)C1.CC#CC(=O)N1CCC2(CC(n3nc(-c4cnn(Cc5cccc(C(F)F)c5)c4)c(C(N)=O)c3N)C2)C1. The first kappa shape index (κ1) is 77.0. The van der Waals surface area contributed by atoms with E-state index in [2.05, 4.69) is 55.9 Å². The quantitative estimate of drug-likeness (QED) is 0.0365. The summed E-state index contributed by atoms with van der Waals surface area (Å²) < 4.78 is 62.3. The molecule has 3 saturated carbocycles. The van der Waals surface area contributed by atoms with Gasteiger partial charge in [-0.15, -0.1) is 0 Å². The number of hydrogen-bond donors (Lipinski definition) is 6. The standard InChI is InChI=1S/C27H29F2N7O2.C26H28ClN7O2.C26H27F2N7O2/c1-3-5-21(37)34-9-8-27(15-34)11-19(12-27)36-25(30)22(26(31)38)23(33-36)20-14-35(32-16(20)2)13-17-6-4-7-18(10-17)24(28)29;1-3-5-21(35)32-9-8-26(15-32)11-19(12-26)34-24(28)22(25(29)36)23(31-34)20-14-33(30-16(20)2)13-17-6-4-7-18(27)10-17;1-2-4-20(36)33-8-7-26(15-33)10-19(11-26)35-24(29)21(25(30)37)22(32-35)18-12-31-34(14-18)13-16-5-3-6-17(9-16)23(27)28/h4,6-7,10,14,19,24H,8-9,11-13,15,30H2,1-2H3,(H2,31,38);4,6-7,10,14,19H,8-9,11-13,15,28H2,1-2H3,(H2,29,36);3,5-6,9,12,14,19,23H,7-8,10-11,13,15,29H2,1H3,(H2,30,37). The van der Waals surface area contributed by atoms with Crippen LogP contribution in [0.25, 0.3) is 33.8 Å². The molecule has 9 heterocycles. The Kier molecular flexibility index (Phi) is 21.6. The summed E-state index contributed by atoms with van der Waals surface area (Å²) in [5.74, 6) is 14.0. The molecular weight excluding hydrogens is 1450 g/mol. The fraction of sp³-hybridized carbons (Fsp3) is 0.392. The van der Waals surface area contributed by atoms with Crippen molar-refractivity contribution in [3.63, 3.8) is 0 Å². The molecule has 6 aromatic heterocycles. The van der Waals surface area contributed by atoms with Crippen LogP contribution < -0.4 is 34.4 Å². The number of carbonyl (C=O) groups excluding carboxylic acids is 6. The molecule has 3 saturated heterocycles. The molecule has 6 amide bonds. The van der Waals surface area contributed by atoms with Gasteiger partial charge in [0, 0.05) is 90.7 Å². The minimum atomic E-state index is -2.56. The smallest absolute Gasteiger partial charge is 0.298 e. The van der Waals surface area contributed by atoms with Crippen molar-refractivity contribution < 1.29 is 46.3 Å². The van der Waals surface area contributed by atoms with Crippen molar-refractivity contribution in [3.05, 3.63) is 159 Å². The number of nitrogens with two attached hydrogens (primary N) is 6. The van der Waals surface area contributed by atoms with Crippen LogP contribution in [0.5, 0.6) is 0 Å². The zero-order valence-corrected chi connectivity index (χ0v) is 62.6. The molecule has 3 aromatic carbocycles. The number of aryl methyl sites for hydroxylation is 2. The van der Waals surface area contributed by atoms with Crippen molar-refractivity contribution in [2.24, 2.45) is 33.4 Å². The third-order valence-electron chi connectivity index (χ3n) is 22.1. The van der Waals surface area contributed by atoms with Crippen molar-refractivity contribution in [2.75, 3.05) is 56.5 Å². The van der Waals surface area contributed by atoms with Crippen LogP contribution in [0.15, 0.2) is 97.6 Å². The van der Waals surface area contributed by atoms with Crippen molar-refractivity contribution in [3.8, 4) is 69.3 Å². The Labute approximate surface area is 641 Å². The summed E-state index contributed by atoms with van der Waals surface area (Å²) in [6.07, 6.45) is 9.15. The Morgan fingerprint density at radius 2 is 0.829 bits per heavy atom. The van der Waals surface area contributed by atoms with E-state index < -0.39 is 30.6 Å². The number of amides is 6. The first-order valence-corrected chi connectivity index (χ1v) is 36.7. The van der Waals surface area contributed by atoms with E-state index in [4.69, 9.17) is 56.2 Å². The lowest BCUT2D eigenvalue weighted by Crippen LogP contribution is -2.42. The highest BCUT2D eigenvalue weighted by molar-refractivity contribution is 6.30. The normalized spacial score (nSPS) is 20.6. The third-order valence-corrected chi connectivity index (χ3v) is 22.4. The highest BCUT2D eigenvalue weighted by Crippen LogP contribution is 2.57. The molecule has 0 radical (unpaired) electrons. The average molecular weight is 1540 g/mol. The van der Waals surface area contributed by atoms with Crippen LogP contribution in [0, 0.1) is 65.6 Å². The Morgan fingerprint density at radius 1 is 0.486 bits per heavy atom. The number of alkyl halides is 4. The highest BCUT2D eigenvalue weighted by Gasteiger charge is 2.54. The summed E-state index contributed by atoms with van der Waals surface area (Å²) in [7, 11) is 0. The predicted octanol–water partition coefficient (Wildman–Crippen LogP) is 9.30. The molecule has 9 aromatic rings. The molecule has 15 rings (SSSR count). The predicted molar refractivity (Wildman–Crippen MR) is 406 cm³/mol. The largest absolute Gasteiger partial charge is 0.383 e. The van der Waals surface area contributed by atoms with Crippen molar-refractivity contribution >= 4 is 64.5 Å². The zero-order chi connectivity index (χ0) is 79.1. The first-order chi connectivity index (χ1) is 53.0. The van der Waals surface area contributed by atoms with E-state index in [0.717, 1.165) is 69.0 Å². The van der Waals surface area contributed by atoms with Gasteiger partial charge >= 0.3 is 0 Å². The number of anilines is 3. The van der Waals surface area contributed by atoms with Crippen LogP contribution in [-0.2, 0) is 34.0 Å². The van der Waals surface area contributed by atoms with E-state index in [-0.39, 0.29) is 110 Å². The van der Waals surface area contributed by atoms with Crippen molar-refractivity contribution in [2.45, 2.75) is 143 Å². The molecule has 3 aliphatic heterocycles. The van der Waals surface area contributed by atoms with Crippen LogP contribution in [-0.4, -0.2) is 148 Å². The molecule has 27 nitrogen and oxygen atoms in total. The number of nitrogens with zero attached hydrogens (tertiary/aromatic N) is 15. The van der Waals surface area contributed by atoms with Gasteiger partial charge in [0.2, 0.25) is 0 Å². The number of halogens is 5. The maximum Gasteiger partial charge on any atom is 0.298 e. The molecule has 6 aliphatic rings. The second kappa shape index (κ2) is 31.1. The summed E-state index contributed by atoms with van der Waals surface area (Å²) >= 11 is 6.12. The van der Waals surface area contributed by atoms with E-state index in [0.29, 0.717) is 101 Å². The van der Waals surface area contributed by atoms with Gasteiger partial charge in [-0.2, -0.15) is 30.6 Å². The number of rotatable bonds is 17. The monoisotopic (exact) mass is 1530 g/mol. The van der Waals surface area contributed by atoms with Gasteiger partial charge in [-0.25, -0.2) is 31.6 Å². The van der Waals surface area contributed by atoms with Crippen LogP contribution in [0.1, 0.15) is 180 Å². The summed E-state index contributed by atoms with van der Waals surface area (Å²) in [4.78, 5) is 79.1. The Balaban J connectivity index is 0.000000146. The second-order valence-electron chi connectivity index (χ2n) is 29.8. The summed E-state index contributed by atoms with van der Waals surface area (Å²) in [5.41, 5.74) is 43.4. The minimum absolute atomic E-state index is 0.00116. The third kappa shape index (κ3) is 15.8. The summed E-state index contributed by atoms with van der Waals surface area (Å²) in [6.45, 7) is 13.7. The molecule has 576 valence electrons. The number of primary amides is 3. The van der Waals surface area contributed by atoms with Crippen LogP contribution >= 0.6 is 11.6 Å². The minimum Gasteiger partial charge on any atom is -0.383 e. The average Bonchev–Trinajstić information content (AvgIpc) is 1.60. The lowest BCUT2D eigenvalue weighted by molar-refractivity contribution is -0.125. The van der Waals surface area contributed by atoms with Crippen molar-refractivity contribution in [1.82, 2.24) is 73.4 Å². The topological polar surface area (TPSA) is 375 Å². The lowest BCUT2D eigenvalue weighted by atomic mass is 9.65. The molecule has 0 unspecified atom stereocenters. The fourth-order valence-corrected chi connectivity index (χ4v) is 17.0. The Hall–Kier alpha value is -12.2. The molecule has 3 spiro atoms. The van der Waals surface area contributed by atoms with E-state index in [1.54, 1.807) is 108 Å². The summed E-state index contributed by atoms with van der Waals surface area (Å²) in [6, 6.07) is 19.9. The highest BCUT2D eigenvalue weighted by atomic mass is 35.5. The van der Waals surface area contributed by atoms with Gasteiger partial charge in [-0.05, 0) is 167 Å². The number of benzene rings is 3. The lowest BCUT2D eigenvalue weighted by Gasteiger charge is -2.45. The Morgan fingerprint density at radius 3 is 1.18 bits per heavy atom. The maximum absolute atomic E-state index is 13.1. The molecule has 32 heteroatoms. The molecule has 3 aliphatic carbocycles. The zero-order valence-electron chi connectivity index (χ0n) is 61.9. The molecule has 111 heavy (non-hydrogen) atoms. The van der Waals surface area contributed by atoms with Gasteiger partial charge < -0.3 is 49.1 Å². The van der Waals surface area contributed by atoms with Gasteiger partial charge in [-0.1, -0.05) is 77.9 Å². The number of aromatic nitrogens is 12. The second-order valence-corrected chi connectivity index (χ2v) is 30.2. The van der Waals surface area contributed by atoms with E-state index in [1.165, 1.54) is 24.3 Å². The van der Waals surface area contributed by atoms with Gasteiger partial charge in [-0.3, -0.25) is 42.8 Å². The van der Waals surface area contributed by atoms with Gasteiger partial charge in [0.15, 0.2) is 0 Å². The van der Waals surface area contributed by atoms with Crippen LogP contribution in [0.2, 0.25) is 5.02 Å². The molecule has 0 atom stereocenters. The Bertz CT molecular complexity index is 5360.